The molecule has 0 aliphatic carbocycles. The molecular formula is C17H19NO3. The maximum Gasteiger partial charge on any atom is 0.414 e. The Morgan fingerprint density at radius 3 is 2.71 bits per heavy atom. The topological polar surface area (TPSA) is 49.8 Å². The number of nitrogens with zero attached hydrogens (tertiary/aromatic N) is 1. The van der Waals surface area contributed by atoms with Gasteiger partial charge in [-0.3, -0.25) is 4.90 Å². The summed E-state index contributed by atoms with van der Waals surface area (Å²) in [6, 6.07) is 9.58. The number of phenolic OH excluding ortho intramolecular Hbond substituents is 1. The highest BCUT2D eigenvalue weighted by Gasteiger charge is 2.31. The Morgan fingerprint density at radius 1 is 1.29 bits per heavy atom. The van der Waals surface area contributed by atoms with Crippen molar-refractivity contribution in [3.05, 3.63) is 35.9 Å². The van der Waals surface area contributed by atoms with Crippen molar-refractivity contribution >= 4 is 22.6 Å². The second-order valence-electron chi connectivity index (χ2n) is 6.33. The van der Waals surface area contributed by atoms with Crippen LogP contribution in [-0.4, -0.2) is 23.3 Å². The van der Waals surface area contributed by atoms with Gasteiger partial charge in [0.15, 0.2) is 0 Å². The average Bonchev–Trinajstić information content (AvgIpc) is 2.81. The lowest BCUT2D eigenvalue weighted by Crippen LogP contribution is -2.35. The van der Waals surface area contributed by atoms with E-state index < -0.39 is 5.60 Å². The molecule has 0 unspecified atom stereocenters. The van der Waals surface area contributed by atoms with Gasteiger partial charge < -0.3 is 9.84 Å². The van der Waals surface area contributed by atoms with Crippen LogP contribution < -0.4 is 4.90 Å². The maximum atomic E-state index is 12.3. The van der Waals surface area contributed by atoms with Gasteiger partial charge in [0.2, 0.25) is 0 Å². The van der Waals surface area contributed by atoms with Crippen LogP contribution >= 0.6 is 0 Å². The number of fused-ring (bicyclic) bond motifs is 2. The number of aromatic hydroxyl groups is 1. The highest BCUT2D eigenvalue weighted by molar-refractivity contribution is 5.99. The summed E-state index contributed by atoms with van der Waals surface area (Å²) < 4.78 is 5.44. The van der Waals surface area contributed by atoms with E-state index in [0.29, 0.717) is 13.0 Å². The third-order valence-electron chi connectivity index (χ3n) is 3.59. The average molecular weight is 285 g/mol. The number of rotatable bonds is 0. The molecule has 2 aromatic rings. The highest BCUT2D eigenvalue weighted by Crippen LogP contribution is 2.40. The predicted octanol–water partition coefficient (Wildman–Crippen LogP) is 3.84. The second-order valence-corrected chi connectivity index (χ2v) is 6.33. The number of carbonyl (C=O) groups is 1. The van der Waals surface area contributed by atoms with Crippen molar-refractivity contribution in [1.82, 2.24) is 0 Å². The predicted molar refractivity (Wildman–Crippen MR) is 82.9 cm³/mol. The van der Waals surface area contributed by atoms with Crippen LogP contribution in [0.1, 0.15) is 26.3 Å². The molecule has 110 valence electrons. The van der Waals surface area contributed by atoms with Crippen LogP contribution in [0, 0.1) is 0 Å². The number of phenols is 1. The Labute approximate surface area is 123 Å². The Bertz CT molecular complexity index is 716. The second kappa shape index (κ2) is 4.65. The van der Waals surface area contributed by atoms with Gasteiger partial charge in [-0.25, -0.2) is 4.79 Å². The molecule has 0 aromatic heterocycles. The van der Waals surface area contributed by atoms with Crippen LogP contribution in [0.3, 0.4) is 0 Å². The van der Waals surface area contributed by atoms with Crippen LogP contribution in [-0.2, 0) is 11.2 Å². The molecule has 3 rings (SSSR count). The molecule has 1 aliphatic rings. The number of hydrogen-bond acceptors (Lipinski definition) is 3. The van der Waals surface area contributed by atoms with Crippen LogP contribution in [0.5, 0.6) is 5.75 Å². The van der Waals surface area contributed by atoms with Gasteiger partial charge in [-0.1, -0.05) is 24.3 Å². The van der Waals surface area contributed by atoms with Gasteiger partial charge in [0.1, 0.15) is 11.4 Å². The Morgan fingerprint density at radius 2 is 2.00 bits per heavy atom. The molecule has 0 saturated heterocycles. The van der Waals surface area contributed by atoms with Gasteiger partial charge in [-0.15, -0.1) is 0 Å². The van der Waals surface area contributed by atoms with E-state index in [1.807, 2.05) is 51.1 Å². The summed E-state index contributed by atoms with van der Waals surface area (Å²) >= 11 is 0. The summed E-state index contributed by atoms with van der Waals surface area (Å²) in [5, 5.41) is 12.2. The van der Waals surface area contributed by atoms with E-state index in [2.05, 4.69) is 0 Å². The van der Waals surface area contributed by atoms with E-state index in [-0.39, 0.29) is 11.8 Å². The molecule has 2 aromatic carbocycles. The molecule has 4 heteroatoms. The molecular weight excluding hydrogens is 266 g/mol. The third-order valence-corrected chi connectivity index (χ3v) is 3.59. The molecule has 0 bridgehead atoms. The van der Waals surface area contributed by atoms with Gasteiger partial charge in [0, 0.05) is 17.5 Å². The molecule has 1 N–H and O–H groups in total. The van der Waals surface area contributed by atoms with Crippen molar-refractivity contribution in [2.24, 2.45) is 0 Å². The van der Waals surface area contributed by atoms with Crippen molar-refractivity contribution in [3.8, 4) is 5.75 Å². The molecule has 1 heterocycles. The molecule has 1 amide bonds. The SMILES string of the molecule is CC(C)(C)OC(=O)N1CCc2c1cc1ccccc1c2O. The first-order valence-corrected chi connectivity index (χ1v) is 7.11. The molecule has 4 nitrogen and oxygen atoms in total. The standard InChI is InChI=1S/C17H19NO3/c1-17(2,3)21-16(20)18-9-8-13-14(18)10-11-6-4-5-7-12(11)15(13)19/h4-7,10,19H,8-9H2,1-3H3. The molecule has 0 atom stereocenters. The van der Waals surface area contributed by atoms with Gasteiger partial charge in [-0.2, -0.15) is 0 Å². The summed E-state index contributed by atoms with van der Waals surface area (Å²) in [5.41, 5.74) is 1.04. The molecule has 0 radical (unpaired) electrons. The van der Waals surface area contributed by atoms with Crippen molar-refractivity contribution < 1.29 is 14.6 Å². The van der Waals surface area contributed by atoms with Crippen LogP contribution in [0.25, 0.3) is 10.8 Å². The summed E-state index contributed by atoms with van der Waals surface area (Å²) in [6.45, 7) is 6.08. The van der Waals surface area contributed by atoms with Crippen molar-refractivity contribution in [3.63, 3.8) is 0 Å². The smallest absolute Gasteiger partial charge is 0.414 e. The molecule has 0 spiro atoms. The van der Waals surface area contributed by atoms with E-state index in [1.165, 1.54) is 0 Å². The zero-order chi connectivity index (χ0) is 15.2. The number of hydrogen-bond donors (Lipinski definition) is 1. The normalized spacial score (nSPS) is 14.3. The van der Waals surface area contributed by atoms with Gasteiger partial charge in [0.05, 0.1) is 5.69 Å². The van der Waals surface area contributed by atoms with Crippen LogP contribution in [0.2, 0.25) is 0 Å². The quantitative estimate of drug-likeness (QED) is 0.800. The first kappa shape index (κ1) is 13.7. The van der Waals surface area contributed by atoms with Gasteiger partial charge >= 0.3 is 6.09 Å². The lowest BCUT2D eigenvalue weighted by atomic mass is 10.0. The first-order valence-electron chi connectivity index (χ1n) is 7.11. The monoisotopic (exact) mass is 285 g/mol. The minimum Gasteiger partial charge on any atom is -0.507 e. The fourth-order valence-electron chi connectivity index (χ4n) is 2.69. The first-order chi connectivity index (χ1) is 9.87. The summed E-state index contributed by atoms with van der Waals surface area (Å²) in [7, 11) is 0. The summed E-state index contributed by atoms with van der Waals surface area (Å²) in [6.07, 6.45) is 0.279. The van der Waals surface area contributed by atoms with Crippen LogP contribution in [0.15, 0.2) is 30.3 Å². The number of carbonyl (C=O) groups excluding carboxylic acids is 1. The van der Waals surface area contributed by atoms with E-state index in [4.69, 9.17) is 4.74 Å². The number of benzene rings is 2. The molecule has 0 fully saturated rings. The number of anilines is 1. The van der Waals surface area contributed by atoms with E-state index in [9.17, 15) is 9.90 Å². The fourth-order valence-corrected chi connectivity index (χ4v) is 2.69. The molecule has 1 aliphatic heterocycles. The van der Waals surface area contributed by atoms with Crippen LogP contribution in [0.4, 0.5) is 10.5 Å². The summed E-state index contributed by atoms with van der Waals surface area (Å²) in [5.74, 6) is 0.272. The summed E-state index contributed by atoms with van der Waals surface area (Å²) in [4.78, 5) is 13.9. The maximum absolute atomic E-state index is 12.3. The highest BCUT2D eigenvalue weighted by atomic mass is 16.6. The van der Waals surface area contributed by atoms with E-state index in [1.54, 1.807) is 4.90 Å². The number of ether oxygens (including phenoxy) is 1. The third kappa shape index (κ3) is 2.42. The van der Waals surface area contributed by atoms with Crippen molar-refractivity contribution in [2.45, 2.75) is 32.8 Å². The lowest BCUT2D eigenvalue weighted by molar-refractivity contribution is 0.0584. The Balaban J connectivity index is 2.04. The minimum atomic E-state index is -0.529. The largest absolute Gasteiger partial charge is 0.507 e. The molecule has 21 heavy (non-hydrogen) atoms. The zero-order valence-corrected chi connectivity index (χ0v) is 12.5. The zero-order valence-electron chi connectivity index (χ0n) is 12.5. The minimum absolute atomic E-state index is 0.272. The Kier molecular flexibility index (Phi) is 3.04. The van der Waals surface area contributed by atoms with Crippen molar-refractivity contribution in [2.75, 3.05) is 11.4 Å². The van der Waals surface area contributed by atoms with E-state index >= 15 is 0 Å². The molecule has 0 saturated carbocycles. The number of amides is 1. The van der Waals surface area contributed by atoms with Gasteiger partial charge in [-0.05, 0) is 38.6 Å². The van der Waals surface area contributed by atoms with E-state index in [0.717, 1.165) is 22.0 Å². The fraction of sp³-hybridized carbons (Fsp3) is 0.353. The Hall–Kier alpha value is -2.23. The van der Waals surface area contributed by atoms with Gasteiger partial charge in [0.25, 0.3) is 0 Å². The van der Waals surface area contributed by atoms with Crippen molar-refractivity contribution in [1.29, 1.82) is 0 Å². The lowest BCUT2D eigenvalue weighted by Gasteiger charge is -2.25.